The monoisotopic (exact) mass is 295 g/mol. The van der Waals surface area contributed by atoms with E-state index < -0.39 is 0 Å². The lowest BCUT2D eigenvalue weighted by atomic mass is 9.92. The second-order valence-electron chi connectivity index (χ2n) is 6.54. The van der Waals surface area contributed by atoms with E-state index in [0.29, 0.717) is 23.9 Å². The van der Waals surface area contributed by atoms with Crippen molar-refractivity contribution in [1.82, 2.24) is 9.47 Å². The number of benzene rings is 1. The zero-order chi connectivity index (χ0) is 15.7. The van der Waals surface area contributed by atoms with Crippen LogP contribution in [0.15, 0.2) is 30.5 Å². The van der Waals surface area contributed by atoms with Gasteiger partial charge in [-0.05, 0) is 24.3 Å². The van der Waals surface area contributed by atoms with Crippen molar-refractivity contribution in [2.75, 3.05) is 13.1 Å². The average molecular weight is 295 g/mol. The van der Waals surface area contributed by atoms with Crippen molar-refractivity contribution in [3.63, 3.8) is 0 Å². The Hall–Kier alpha value is -2.28. The molecule has 0 unspecified atom stereocenters. The van der Waals surface area contributed by atoms with Crippen molar-refractivity contribution in [3.8, 4) is 6.07 Å². The minimum atomic E-state index is 0.142. The van der Waals surface area contributed by atoms with Gasteiger partial charge < -0.3 is 9.47 Å². The van der Waals surface area contributed by atoms with Gasteiger partial charge in [0, 0.05) is 30.2 Å². The van der Waals surface area contributed by atoms with E-state index in [0.717, 1.165) is 24.0 Å². The van der Waals surface area contributed by atoms with E-state index >= 15 is 0 Å². The van der Waals surface area contributed by atoms with Gasteiger partial charge in [0.2, 0.25) is 5.91 Å². The van der Waals surface area contributed by atoms with Gasteiger partial charge in [0.05, 0.1) is 5.56 Å². The van der Waals surface area contributed by atoms with Gasteiger partial charge in [-0.3, -0.25) is 4.79 Å². The van der Waals surface area contributed by atoms with Gasteiger partial charge in [-0.25, -0.2) is 0 Å². The molecule has 4 heteroatoms. The maximum atomic E-state index is 12.6. The smallest absolute Gasteiger partial charge is 0.242 e. The highest BCUT2D eigenvalue weighted by Crippen LogP contribution is 2.23. The Morgan fingerprint density at radius 3 is 2.64 bits per heavy atom. The molecule has 22 heavy (non-hydrogen) atoms. The van der Waals surface area contributed by atoms with E-state index in [4.69, 9.17) is 0 Å². The summed E-state index contributed by atoms with van der Waals surface area (Å²) in [6.45, 7) is 6.40. The highest BCUT2D eigenvalue weighted by Gasteiger charge is 2.25. The van der Waals surface area contributed by atoms with E-state index in [2.05, 4.69) is 19.9 Å². The molecule has 1 saturated heterocycles. The van der Waals surface area contributed by atoms with Gasteiger partial charge in [-0.2, -0.15) is 5.26 Å². The molecule has 0 aliphatic carbocycles. The number of carbonyl (C=O) groups is 1. The van der Waals surface area contributed by atoms with E-state index in [-0.39, 0.29) is 5.91 Å². The number of nitriles is 1. The summed E-state index contributed by atoms with van der Waals surface area (Å²) in [5, 5.41) is 10.2. The number of hydrogen-bond acceptors (Lipinski definition) is 2. The van der Waals surface area contributed by atoms with Crippen LogP contribution in [-0.2, 0) is 11.3 Å². The molecule has 0 bridgehead atoms. The first-order valence-electron chi connectivity index (χ1n) is 7.84. The molecule has 1 fully saturated rings. The van der Waals surface area contributed by atoms with Gasteiger partial charge in [0.15, 0.2) is 0 Å². The Labute approximate surface area is 130 Å². The average Bonchev–Trinajstić information content (AvgIpc) is 2.84. The largest absolute Gasteiger partial charge is 0.341 e. The Kier molecular flexibility index (Phi) is 3.89. The normalized spacial score (nSPS) is 21.8. The minimum absolute atomic E-state index is 0.142. The van der Waals surface area contributed by atoms with Crippen LogP contribution < -0.4 is 0 Å². The third-order valence-electron chi connectivity index (χ3n) is 4.44. The molecular weight excluding hydrogens is 274 g/mol. The fourth-order valence-electron chi connectivity index (χ4n) is 3.58. The second kappa shape index (κ2) is 5.84. The molecule has 1 amide bonds. The zero-order valence-electron chi connectivity index (χ0n) is 13.1. The molecule has 1 aliphatic rings. The topological polar surface area (TPSA) is 49.0 Å². The molecule has 1 aromatic carbocycles. The number of fused-ring (bicyclic) bond motifs is 1. The number of rotatable bonds is 2. The van der Waals surface area contributed by atoms with Crippen molar-refractivity contribution in [1.29, 1.82) is 5.26 Å². The maximum absolute atomic E-state index is 12.6. The molecule has 3 rings (SSSR count). The van der Waals surface area contributed by atoms with E-state index in [1.165, 1.54) is 6.42 Å². The third kappa shape index (κ3) is 2.71. The zero-order valence-corrected chi connectivity index (χ0v) is 13.1. The summed E-state index contributed by atoms with van der Waals surface area (Å²) in [5.74, 6) is 1.26. The first kappa shape index (κ1) is 14.6. The minimum Gasteiger partial charge on any atom is -0.341 e. The fraction of sp³-hybridized carbons (Fsp3) is 0.444. The molecular formula is C18H21N3O. The molecule has 1 aromatic heterocycles. The number of amides is 1. The van der Waals surface area contributed by atoms with Crippen molar-refractivity contribution in [2.24, 2.45) is 11.8 Å². The summed E-state index contributed by atoms with van der Waals surface area (Å²) < 4.78 is 1.90. The summed E-state index contributed by atoms with van der Waals surface area (Å²) in [6, 6.07) is 9.97. The van der Waals surface area contributed by atoms with Crippen LogP contribution in [0.5, 0.6) is 0 Å². The molecule has 0 saturated carbocycles. The molecule has 0 N–H and O–H groups in total. The van der Waals surface area contributed by atoms with Crippen molar-refractivity contribution >= 4 is 16.8 Å². The summed E-state index contributed by atoms with van der Waals surface area (Å²) in [6.07, 6.45) is 2.98. The molecule has 0 spiro atoms. The molecule has 4 nitrogen and oxygen atoms in total. The maximum Gasteiger partial charge on any atom is 0.242 e. The number of piperidine rings is 1. The van der Waals surface area contributed by atoms with Gasteiger partial charge in [0.25, 0.3) is 0 Å². The first-order chi connectivity index (χ1) is 10.6. The number of carbonyl (C=O) groups excluding carboxylic acids is 1. The molecule has 2 heterocycles. The van der Waals surface area contributed by atoms with E-state index in [1.807, 2.05) is 33.7 Å². The molecule has 2 aromatic rings. The lowest BCUT2D eigenvalue weighted by Gasteiger charge is -2.35. The first-order valence-corrected chi connectivity index (χ1v) is 7.84. The summed E-state index contributed by atoms with van der Waals surface area (Å²) in [4.78, 5) is 14.6. The molecule has 0 radical (unpaired) electrons. The van der Waals surface area contributed by atoms with Crippen LogP contribution in [0.3, 0.4) is 0 Å². The van der Waals surface area contributed by atoms with Crippen molar-refractivity contribution in [3.05, 3.63) is 36.0 Å². The van der Waals surface area contributed by atoms with Crippen LogP contribution in [0.25, 0.3) is 10.9 Å². The van der Waals surface area contributed by atoms with Gasteiger partial charge in [-0.15, -0.1) is 0 Å². The van der Waals surface area contributed by atoms with Gasteiger partial charge in [0.1, 0.15) is 12.6 Å². The van der Waals surface area contributed by atoms with Crippen LogP contribution >= 0.6 is 0 Å². The molecule has 114 valence electrons. The lowest BCUT2D eigenvalue weighted by Crippen LogP contribution is -2.43. The predicted molar refractivity (Wildman–Crippen MR) is 86.2 cm³/mol. The van der Waals surface area contributed by atoms with Crippen LogP contribution in [-0.4, -0.2) is 28.5 Å². The highest BCUT2D eigenvalue weighted by atomic mass is 16.2. The SMILES string of the molecule is C[C@H]1C[C@H](C)CN(C(=O)Cn2cc(C#N)c3ccccc32)C1. The highest BCUT2D eigenvalue weighted by molar-refractivity contribution is 5.88. The fourth-order valence-corrected chi connectivity index (χ4v) is 3.58. The standard InChI is InChI=1S/C18H21N3O/c1-13-7-14(2)10-21(9-13)18(22)12-20-11-15(8-19)16-5-3-4-6-17(16)20/h3-6,11,13-14H,7,9-10,12H2,1-2H3/t13-,14-/m0/s1. The second-order valence-corrected chi connectivity index (χ2v) is 6.54. The number of hydrogen-bond donors (Lipinski definition) is 0. The summed E-state index contributed by atoms with van der Waals surface area (Å²) in [5.41, 5.74) is 1.58. The number of para-hydroxylation sites is 1. The molecule has 2 atom stereocenters. The number of nitrogens with zero attached hydrogens (tertiary/aromatic N) is 3. The van der Waals surface area contributed by atoms with Crippen LogP contribution in [0.2, 0.25) is 0 Å². The lowest BCUT2D eigenvalue weighted by molar-refractivity contribution is -0.134. The Morgan fingerprint density at radius 2 is 1.95 bits per heavy atom. The Balaban J connectivity index is 1.84. The van der Waals surface area contributed by atoms with Crippen molar-refractivity contribution in [2.45, 2.75) is 26.8 Å². The quantitative estimate of drug-likeness (QED) is 0.855. The van der Waals surface area contributed by atoms with Gasteiger partial charge >= 0.3 is 0 Å². The summed E-state index contributed by atoms with van der Waals surface area (Å²) >= 11 is 0. The van der Waals surface area contributed by atoms with Crippen LogP contribution in [0.1, 0.15) is 25.8 Å². The van der Waals surface area contributed by atoms with E-state index in [9.17, 15) is 10.1 Å². The van der Waals surface area contributed by atoms with Crippen LogP contribution in [0, 0.1) is 23.2 Å². The Morgan fingerprint density at radius 1 is 1.27 bits per heavy atom. The van der Waals surface area contributed by atoms with E-state index in [1.54, 1.807) is 6.20 Å². The van der Waals surface area contributed by atoms with Gasteiger partial charge in [-0.1, -0.05) is 32.0 Å². The Bertz CT molecular complexity index is 730. The van der Waals surface area contributed by atoms with Crippen molar-refractivity contribution < 1.29 is 4.79 Å². The number of likely N-dealkylation sites (tertiary alicyclic amines) is 1. The van der Waals surface area contributed by atoms with Crippen LogP contribution in [0.4, 0.5) is 0 Å². The summed E-state index contributed by atoms with van der Waals surface area (Å²) in [7, 11) is 0. The molecule has 1 aliphatic heterocycles. The number of aromatic nitrogens is 1. The predicted octanol–water partition coefficient (Wildman–Crippen LogP) is 3.02. The third-order valence-corrected chi connectivity index (χ3v) is 4.44.